The molecule has 0 radical (unpaired) electrons. The van der Waals surface area contributed by atoms with Crippen LogP contribution >= 0.6 is 0 Å². The molecule has 0 fully saturated rings. The van der Waals surface area contributed by atoms with Crippen molar-refractivity contribution in [3.63, 3.8) is 0 Å². The number of aryl methyl sites for hydroxylation is 1. The van der Waals surface area contributed by atoms with E-state index in [0.29, 0.717) is 6.54 Å². The predicted molar refractivity (Wildman–Crippen MR) is 75.3 cm³/mol. The van der Waals surface area contributed by atoms with Crippen molar-refractivity contribution in [3.8, 4) is 0 Å². The van der Waals surface area contributed by atoms with E-state index in [4.69, 9.17) is 0 Å². The van der Waals surface area contributed by atoms with Gasteiger partial charge in [0.25, 0.3) is 0 Å². The quantitative estimate of drug-likeness (QED) is 0.634. The molecule has 19 heavy (non-hydrogen) atoms. The Bertz CT molecular complexity index is 518. The Labute approximate surface area is 112 Å². The van der Waals surface area contributed by atoms with Gasteiger partial charge in [-0.15, -0.1) is 0 Å². The minimum Gasteiger partial charge on any atom is -0.352 e. The van der Waals surface area contributed by atoms with Crippen molar-refractivity contribution in [2.75, 3.05) is 6.54 Å². The molecule has 1 amide bonds. The molecule has 0 aliphatic rings. The summed E-state index contributed by atoms with van der Waals surface area (Å²) in [7, 11) is 0. The Balaban J connectivity index is 1.66. The van der Waals surface area contributed by atoms with Gasteiger partial charge < -0.3 is 5.32 Å². The van der Waals surface area contributed by atoms with Crippen molar-refractivity contribution in [1.82, 2.24) is 15.1 Å². The topological polar surface area (TPSA) is 46.9 Å². The molecule has 0 saturated carbocycles. The highest BCUT2D eigenvalue weighted by Crippen LogP contribution is 2.00. The van der Waals surface area contributed by atoms with Gasteiger partial charge in [0.2, 0.25) is 5.91 Å². The molecule has 0 saturated heterocycles. The normalized spacial score (nSPS) is 10.7. The van der Waals surface area contributed by atoms with Crippen LogP contribution in [0.4, 0.5) is 0 Å². The molecule has 0 aliphatic heterocycles. The molecule has 0 spiro atoms. The lowest BCUT2D eigenvalue weighted by molar-refractivity contribution is -0.116. The number of amides is 1. The van der Waals surface area contributed by atoms with Gasteiger partial charge in [0, 0.05) is 31.6 Å². The second-order valence-electron chi connectivity index (χ2n) is 4.16. The summed E-state index contributed by atoms with van der Waals surface area (Å²) in [5, 5.41) is 6.95. The first kappa shape index (κ1) is 13.1. The van der Waals surface area contributed by atoms with Crippen LogP contribution in [0, 0.1) is 0 Å². The van der Waals surface area contributed by atoms with Crippen molar-refractivity contribution >= 4 is 12.0 Å². The largest absolute Gasteiger partial charge is 0.352 e. The third-order valence-electron chi connectivity index (χ3n) is 2.65. The Morgan fingerprint density at radius 2 is 2.11 bits per heavy atom. The Hall–Kier alpha value is -2.36. The van der Waals surface area contributed by atoms with Crippen molar-refractivity contribution in [1.29, 1.82) is 0 Å². The zero-order chi connectivity index (χ0) is 13.3. The van der Waals surface area contributed by atoms with Crippen molar-refractivity contribution in [2.45, 2.75) is 13.0 Å². The van der Waals surface area contributed by atoms with Crippen LogP contribution in [0.3, 0.4) is 0 Å². The van der Waals surface area contributed by atoms with Gasteiger partial charge in [-0.25, -0.2) is 0 Å². The first-order valence-corrected chi connectivity index (χ1v) is 6.33. The fraction of sp³-hybridized carbons (Fsp3) is 0.200. The maximum Gasteiger partial charge on any atom is 0.244 e. The van der Waals surface area contributed by atoms with Crippen molar-refractivity contribution in [2.24, 2.45) is 0 Å². The highest BCUT2D eigenvalue weighted by molar-refractivity contribution is 5.91. The van der Waals surface area contributed by atoms with Crippen molar-refractivity contribution < 1.29 is 4.79 Å². The number of benzene rings is 1. The molecule has 1 heterocycles. The maximum atomic E-state index is 11.6. The van der Waals surface area contributed by atoms with E-state index >= 15 is 0 Å². The van der Waals surface area contributed by atoms with Gasteiger partial charge >= 0.3 is 0 Å². The van der Waals surface area contributed by atoms with Crippen molar-refractivity contribution in [3.05, 3.63) is 60.4 Å². The standard InChI is InChI=1S/C15H17N3O/c19-15(9-8-14-6-2-1-3-7-14)16-10-4-12-18-13-5-11-17-18/h1-3,5-9,11,13H,4,10,12H2,(H,16,19). The highest BCUT2D eigenvalue weighted by Gasteiger charge is 1.95. The van der Waals surface area contributed by atoms with E-state index in [2.05, 4.69) is 10.4 Å². The van der Waals surface area contributed by atoms with Gasteiger partial charge in [-0.1, -0.05) is 30.3 Å². The molecule has 98 valence electrons. The molecule has 2 rings (SSSR count). The molecule has 0 unspecified atom stereocenters. The number of carbonyl (C=O) groups excluding carboxylic acids is 1. The summed E-state index contributed by atoms with van der Waals surface area (Å²) in [6.45, 7) is 1.47. The summed E-state index contributed by atoms with van der Waals surface area (Å²) in [6.07, 6.45) is 7.90. The third-order valence-corrected chi connectivity index (χ3v) is 2.65. The molecule has 0 bridgehead atoms. The number of nitrogens with zero attached hydrogens (tertiary/aromatic N) is 2. The molecule has 1 aromatic heterocycles. The second kappa shape index (κ2) is 7.16. The fourth-order valence-corrected chi connectivity index (χ4v) is 1.68. The Morgan fingerprint density at radius 1 is 1.26 bits per heavy atom. The van der Waals surface area contributed by atoms with E-state index in [1.165, 1.54) is 0 Å². The van der Waals surface area contributed by atoms with Gasteiger partial charge in [-0.2, -0.15) is 5.10 Å². The average Bonchev–Trinajstić information content (AvgIpc) is 2.96. The number of rotatable bonds is 6. The summed E-state index contributed by atoms with van der Waals surface area (Å²) in [6, 6.07) is 11.7. The second-order valence-corrected chi connectivity index (χ2v) is 4.16. The number of carbonyl (C=O) groups is 1. The summed E-state index contributed by atoms with van der Waals surface area (Å²) >= 11 is 0. The van der Waals surface area contributed by atoms with E-state index in [9.17, 15) is 4.79 Å². The minimum absolute atomic E-state index is 0.0654. The minimum atomic E-state index is -0.0654. The Morgan fingerprint density at radius 3 is 2.84 bits per heavy atom. The zero-order valence-corrected chi connectivity index (χ0v) is 10.7. The van der Waals surface area contributed by atoms with E-state index in [-0.39, 0.29) is 5.91 Å². The summed E-state index contributed by atoms with van der Waals surface area (Å²) in [5.74, 6) is -0.0654. The van der Waals surface area contributed by atoms with Crippen LogP contribution in [0.15, 0.2) is 54.9 Å². The number of aromatic nitrogens is 2. The van der Waals surface area contributed by atoms with Crippen LogP contribution in [0.5, 0.6) is 0 Å². The van der Waals surface area contributed by atoms with Crippen LogP contribution in [-0.4, -0.2) is 22.2 Å². The van der Waals surface area contributed by atoms with Crippen LogP contribution in [0.25, 0.3) is 6.08 Å². The van der Waals surface area contributed by atoms with Crippen LogP contribution in [0.2, 0.25) is 0 Å². The molecular weight excluding hydrogens is 238 g/mol. The molecule has 1 N–H and O–H groups in total. The van der Waals surface area contributed by atoms with Crippen LogP contribution in [-0.2, 0) is 11.3 Å². The van der Waals surface area contributed by atoms with Crippen LogP contribution < -0.4 is 5.32 Å². The van der Waals surface area contributed by atoms with E-state index in [1.54, 1.807) is 12.3 Å². The molecule has 4 heteroatoms. The third kappa shape index (κ3) is 4.79. The number of hydrogen-bond donors (Lipinski definition) is 1. The first-order chi connectivity index (χ1) is 9.34. The molecule has 2 aromatic rings. The van der Waals surface area contributed by atoms with Gasteiger partial charge in [-0.3, -0.25) is 9.48 Å². The summed E-state index contributed by atoms with van der Waals surface area (Å²) < 4.78 is 1.85. The van der Waals surface area contributed by atoms with Gasteiger partial charge in [0.1, 0.15) is 0 Å². The number of nitrogens with one attached hydrogen (secondary N) is 1. The Kier molecular flexibility index (Phi) is 4.93. The van der Waals surface area contributed by atoms with Gasteiger partial charge in [0.05, 0.1) is 0 Å². The van der Waals surface area contributed by atoms with E-state index in [0.717, 1.165) is 18.5 Å². The lowest BCUT2D eigenvalue weighted by Gasteiger charge is -2.02. The molecule has 0 atom stereocenters. The molecule has 1 aromatic carbocycles. The molecular formula is C15H17N3O. The predicted octanol–water partition coefficient (Wildman–Crippen LogP) is 2.10. The number of hydrogen-bond acceptors (Lipinski definition) is 2. The average molecular weight is 255 g/mol. The highest BCUT2D eigenvalue weighted by atomic mass is 16.1. The SMILES string of the molecule is O=C(C=Cc1ccccc1)NCCCn1cccn1. The first-order valence-electron chi connectivity index (χ1n) is 6.33. The smallest absolute Gasteiger partial charge is 0.244 e. The van der Waals surface area contributed by atoms with E-state index in [1.807, 2.05) is 53.4 Å². The fourth-order valence-electron chi connectivity index (χ4n) is 1.68. The van der Waals surface area contributed by atoms with Crippen LogP contribution in [0.1, 0.15) is 12.0 Å². The zero-order valence-electron chi connectivity index (χ0n) is 10.7. The molecule has 0 aliphatic carbocycles. The van der Waals surface area contributed by atoms with Gasteiger partial charge in [-0.05, 0) is 24.1 Å². The molecule has 4 nitrogen and oxygen atoms in total. The monoisotopic (exact) mass is 255 g/mol. The van der Waals surface area contributed by atoms with Gasteiger partial charge in [0.15, 0.2) is 0 Å². The summed E-state index contributed by atoms with van der Waals surface area (Å²) in [5.41, 5.74) is 1.02. The maximum absolute atomic E-state index is 11.6. The lowest BCUT2D eigenvalue weighted by atomic mass is 10.2. The van der Waals surface area contributed by atoms with E-state index < -0.39 is 0 Å². The summed E-state index contributed by atoms with van der Waals surface area (Å²) in [4.78, 5) is 11.6. The lowest BCUT2D eigenvalue weighted by Crippen LogP contribution is -2.23.